The Balaban J connectivity index is 1.51. The van der Waals surface area contributed by atoms with Gasteiger partial charge in [-0.15, -0.1) is 0 Å². The van der Waals surface area contributed by atoms with Crippen LogP contribution in [0, 0.1) is 5.92 Å². The van der Waals surface area contributed by atoms with Crippen molar-refractivity contribution in [2.75, 3.05) is 12.4 Å². The molecule has 1 aliphatic heterocycles. The summed E-state index contributed by atoms with van der Waals surface area (Å²) in [5.74, 6) is 0.562. The first-order valence-corrected chi connectivity index (χ1v) is 10.5. The molecule has 0 saturated heterocycles. The van der Waals surface area contributed by atoms with Crippen LogP contribution in [0.15, 0.2) is 35.6 Å². The molecule has 2 aromatic heterocycles. The number of rotatable bonds is 7. The van der Waals surface area contributed by atoms with Crippen LogP contribution in [-0.2, 0) is 24.7 Å². The molecule has 0 radical (unpaired) electrons. The summed E-state index contributed by atoms with van der Waals surface area (Å²) in [7, 11) is 3.40. The summed E-state index contributed by atoms with van der Waals surface area (Å²) in [5.41, 5.74) is 5.31. The molecule has 164 valence electrons. The molecule has 1 N–H and O–H groups in total. The maximum absolute atomic E-state index is 13.3. The third-order valence-corrected chi connectivity index (χ3v) is 5.65. The van der Waals surface area contributed by atoms with Gasteiger partial charge in [0.05, 0.1) is 41.4 Å². The fourth-order valence-corrected chi connectivity index (χ4v) is 4.00. The molecule has 1 aromatic carbocycles. The number of carbonyl (C=O) groups excluding carboxylic acids is 1. The standard InChI is InChI=1S/C23H23FN6O2/c1-12-7-18-21(26-12)19(8-13(27-18)9-20(31)15-10-16(15)24)28-17-6-4-5-14(22(17)32-3)23-25-11-30(2)29-23/h4-6,8,11,15-16H,7,9-10H2,1-3H3,(H,27,28)/t15-,16+/m1/s1. The summed E-state index contributed by atoms with van der Waals surface area (Å²) in [6, 6.07) is 7.50. The lowest BCUT2D eigenvalue weighted by Gasteiger charge is -2.16. The molecular weight excluding hydrogens is 411 g/mol. The molecule has 2 atom stereocenters. The zero-order chi connectivity index (χ0) is 22.4. The van der Waals surface area contributed by atoms with E-state index in [1.807, 2.05) is 31.2 Å². The zero-order valence-corrected chi connectivity index (χ0v) is 18.1. The first-order chi connectivity index (χ1) is 15.4. The summed E-state index contributed by atoms with van der Waals surface area (Å²) in [5, 5.41) is 7.79. The van der Waals surface area contributed by atoms with E-state index in [0.717, 1.165) is 28.3 Å². The van der Waals surface area contributed by atoms with Gasteiger partial charge in [-0.25, -0.2) is 9.37 Å². The average Bonchev–Trinajstić information content (AvgIpc) is 3.14. The molecule has 1 fully saturated rings. The normalized spacial score (nSPS) is 18.8. The summed E-state index contributed by atoms with van der Waals surface area (Å²) in [6.45, 7) is 1.95. The Morgan fingerprint density at radius 2 is 2.16 bits per heavy atom. The number of para-hydroxylation sites is 1. The zero-order valence-electron chi connectivity index (χ0n) is 18.1. The van der Waals surface area contributed by atoms with Gasteiger partial charge in [0, 0.05) is 25.6 Å². The Hall–Kier alpha value is -3.62. The minimum Gasteiger partial charge on any atom is -0.494 e. The molecule has 1 aliphatic carbocycles. The lowest BCUT2D eigenvalue weighted by molar-refractivity contribution is -0.120. The molecule has 3 aromatic rings. The second-order valence-corrected chi connectivity index (χ2v) is 8.23. The van der Waals surface area contributed by atoms with Gasteiger partial charge in [-0.1, -0.05) is 6.07 Å². The highest BCUT2D eigenvalue weighted by Crippen LogP contribution is 2.41. The number of Topliss-reactive ketones (excluding diaryl/α,β-unsaturated/α-hetero) is 1. The van der Waals surface area contributed by atoms with Crippen molar-refractivity contribution in [3.8, 4) is 17.1 Å². The number of aromatic nitrogens is 4. The second kappa shape index (κ2) is 7.81. The Bertz CT molecular complexity index is 1250. The number of carbonyl (C=O) groups is 1. The van der Waals surface area contributed by atoms with Gasteiger partial charge < -0.3 is 10.1 Å². The average molecular weight is 434 g/mol. The van der Waals surface area contributed by atoms with Crippen molar-refractivity contribution in [2.24, 2.45) is 18.0 Å². The van der Waals surface area contributed by atoms with E-state index in [1.54, 1.807) is 25.2 Å². The monoisotopic (exact) mass is 434 g/mol. The van der Waals surface area contributed by atoms with E-state index in [9.17, 15) is 9.18 Å². The number of fused-ring (bicyclic) bond motifs is 1. The maximum atomic E-state index is 13.3. The number of anilines is 2. The van der Waals surface area contributed by atoms with Gasteiger partial charge in [0.1, 0.15) is 24.0 Å². The van der Waals surface area contributed by atoms with Crippen molar-refractivity contribution in [1.29, 1.82) is 0 Å². The number of pyridine rings is 1. The third-order valence-electron chi connectivity index (χ3n) is 5.65. The first kappa shape index (κ1) is 20.3. The Morgan fingerprint density at radius 1 is 1.34 bits per heavy atom. The van der Waals surface area contributed by atoms with Crippen molar-refractivity contribution in [3.05, 3.63) is 42.0 Å². The molecular formula is C23H23FN6O2. The lowest BCUT2D eigenvalue weighted by atomic mass is 10.1. The van der Waals surface area contributed by atoms with Crippen LogP contribution in [0.25, 0.3) is 11.4 Å². The number of aliphatic imine (C=N–C) groups is 1. The molecule has 9 heteroatoms. The highest BCUT2D eigenvalue weighted by atomic mass is 19.1. The maximum Gasteiger partial charge on any atom is 0.184 e. The Kier molecular flexibility index (Phi) is 4.96. The number of benzene rings is 1. The van der Waals surface area contributed by atoms with Crippen molar-refractivity contribution in [3.63, 3.8) is 0 Å². The van der Waals surface area contributed by atoms with Crippen LogP contribution in [0.4, 0.5) is 21.5 Å². The van der Waals surface area contributed by atoms with Gasteiger partial charge >= 0.3 is 0 Å². The number of hydrogen-bond donors (Lipinski definition) is 1. The van der Waals surface area contributed by atoms with Crippen molar-refractivity contribution in [2.45, 2.75) is 32.4 Å². The van der Waals surface area contributed by atoms with Gasteiger partial charge in [0.25, 0.3) is 0 Å². The number of nitrogens with zero attached hydrogens (tertiary/aromatic N) is 5. The molecule has 0 bridgehead atoms. The molecule has 32 heavy (non-hydrogen) atoms. The largest absolute Gasteiger partial charge is 0.494 e. The molecule has 1 saturated carbocycles. The van der Waals surface area contributed by atoms with Gasteiger partial charge in [-0.3, -0.25) is 19.5 Å². The Labute approximate surface area is 184 Å². The number of ketones is 1. The minimum atomic E-state index is -1.01. The summed E-state index contributed by atoms with van der Waals surface area (Å²) in [4.78, 5) is 26.0. The number of nitrogens with one attached hydrogen (secondary N) is 1. The quantitative estimate of drug-likeness (QED) is 0.609. The SMILES string of the molecule is COc1c(Nc2cc(CC(=O)[C@@H]3C[C@@H]3F)nc3c2N=C(C)C3)cccc1-c1ncn(C)n1. The fraction of sp³-hybridized carbons (Fsp3) is 0.348. The number of methoxy groups -OCH3 is 1. The van der Waals surface area contributed by atoms with E-state index in [1.165, 1.54) is 0 Å². The van der Waals surface area contributed by atoms with Crippen LogP contribution >= 0.6 is 0 Å². The van der Waals surface area contributed by atoms with Crippen molar-refractivity contribution >= 4 is 28.6 Å². The predicted molar refractivity (Wildman–Crippen MR) is 119 cm³/mol. The smallest absolute Gasteiger partial charge is 0.184 e. The number of ether oxygens (including phenoxy) is 1. The topological polar surface area (TPSA) is 94.3 Å². The van der Waals surface area contributed by atoms with Crippen molar-refractivity contribution in [1.82, 2.24) is 19.7 Å². The van der Waals surface area contributed by atoms with E-state index in [2.05, 4.69) is 25.4 Å². The highest BCUT2D eigenvalue weighted by Gasteiger charge is 2.43. The van der Waals surface area contributed by atoms with Crippen LogP contribution < -0.4 is 10.1 Å². The van der Waals surface area contributed by atoms with E-state index in [0.29, 0.717) is 35.8 Å². The number of aryl methyl sites for hydroxylation is 1. The summed E-state index contributed by atoms with van der Waals surface area (Å²) < 4.78 is 20.7. The van der Waals surface area contributed by atoms with Crippen LogP contribution in [0.1, 0.15) is 24.7 Å². The molecule has 8 nitrogen and oxygen atoms in total. The molecule has 2 aliphatic rings. The van der Waals surface area contributed by atoms with E-state index in [4.69, 9.17) is 4.74 Å². The van der Waals surface area contributed by atoms with Gasteiger partial charge in [0.2, 0.25) is 0 Å². The molecule has 0 unspecified atom stereocenters. The van der Waals surface area contributed by atoms with Crippen LogP contribution in [0.2, 0.25) is 0 Å². The minimum absolute atomic E-state index is 0.104. The van der Waals surface area contributed by atoms with Gasteiger partial charge in [0.15, 0.2) is 11.6 Å². The van der Waals surface area contributed by atoms with Crippen LogP contribution in [-0.4, -0.2) is 44.5 Å². The predicted octanol–water partition coefficient (Wildman–Crippen LogP) is 3.75. The Morgan fingerprint density at radius 3 is 2.84 bits per heavy atom. The fourth-order valence-electron chi connectivity index (χ4n) is 4.00. The van der Waals surface area contributed by atoms with Crippen LogP contribution in [0.5, 0.6) is 5.75 Å². The highest BCUT2D eigenvalue weighted by molar-refractivity contribution is 5.96. The van der Waals surface area contributed by atoms with Crippen LogP contribution in [0.3, 0.4) is 0 Å². The van der Waals surface area contributed by atoms with E-state index in [-0.39, 0.29) is 12.2 Å². The molecule has 3 heterocycles. The molecule has 0 spiro atoms. The van der Waals surface area contributed by atoms with E-state index < -0.39 is 12.1 Å². The van der Waals surface area contributed by atoms with Gasteiger partial charge in [-0.2, -0.15) is 5.10 Å². The van der Waals surface area contributed by atoms with E-state index >= 15 is 0 Å². The number of hydrogen-bond acceptors (Lipinski definition) is 7. The molecule has 5 rings (SSSR count). The third kappa shape index (κ3) is 3.74. The molecule has 0 amide bonds. The second-order valence-electron chi connectivity index (χ2n) is 8.23. The summed E-state index contributed by atoms with van der Waals surface area (Å²) in [6.07, 6.45) is 1.68. The number of halogens is 1. The first-order valence-electron chi connectivity index (χ1n) is 10.5. The van der Waals surface area contributed by atoms with Gasteiger partial charge in [-0.05, 0) is 31.5 Å². The van der Waals surface area contributed by atoms with Crippen molar-refractivity contribution < 1.29 is 13.9 Å². The summed E-state index contributed by atoms with van der Waals surface area (Å²) >= 11 is 0. The lowest BCUT2D eigenvalue weighted by Crippen LogP contribution is -2.10. The number of alkyl halides is 1.